The van der Waals surface area contributed by atoms with Crippen molar-refractivity contribution >= 4 is 22.7 Å². The van der Waals surface area contributed by atoms with E-state index in [2.05, 4.69) is 9.97 Å². The fraction of sp³-hybridized carbons (Fsp3) is 0.217. The second kappa shape index (κ2) is 8.28. The fourth-order valence-corrected chi connectivity index (χ4v) is 4.38. The zero-order valence-corrected chi connectivity index (χ0v) is 18.2. The minimum Gasteiger partial charge on any atom is -0.496 e. The van der Waals surface area contributed by atoms with Gasteiger partial charge in [0.25, 0.3) is 5.56 Å². The molecule has 0 radical (unpaired) electrons. The summed E-state index contributed by atoms with van der Waals surface area (Å²) in [6.07, 6.45) is 3.56. The zero-order chi connectivity index (χ0) is 21.3. The Morgan fingerprint density at radius 2 is 1.83 bits per heavy atom. The lowest BCUT2D eigenvalue weighted by molar-refractivity contribution is 0.407. The first-order valence-electron chi connectivity index (χ1n) is 9.56. The average Bonchev–Trinajstić information content (AvgIpc) is 2.75. The summed E-state index contributed by atoms with van der Waals surface area (Å²) in [7, 11) is 1.66. The van der Waals surface area contributed by atoms with E-state index in [9.17, 15) is 4.79 Å². The molecule has 0 amide bonds. The molecule has 6 nitrogen and oxygen atoms in total. The smallest absolute Gasteiger partial charge is 0.267 e. The van der Waals surface area contributed by atoms with Crippen molar-refractivity contribution in [2.24, 2.45) is 0 Å². The first-order chi connectivity index (χ1) is 14.5. The Kier molecular flexibility index (Phi) is 5.55. The third-order valence-electron chi connectivity index (χ3n) is 4.96. The SMILES string of the molecule is COc1c(C)cnc(CSc2nc3ccccc3c(=O)n2-c2ccc(C)cn2)c1C. The molecule has 3 aromatic heterocycles. The number of pyridine rings is 2. The molecule has 0 spiro atoms. The van der Waals surface area contributed by atoms with Gasteiger partial charge in [-0.25, -0.2) is 14.5 Å². The second-order valence-electron chi connectivity index (χ2n) is 7.08. The van der Waals surface area contributed by atoms with Crippen LogP contribution in [0.1, 0.15) is 22.4 Å². The van der Waals surface area contributed by atoms with E-state index in [1.807, 2.05) is 57.3 Å². The molecule has 30 heavy (non-hydrogen) atoms. The molecule has 1 aromatic carbocycles. The van der Waals surface area contributed by atoms with Gasteiger partial charge in [0.05, 0.1) is 23.7 Å². The van der Waals surface area contributed by atoms with Crippen LogP contribution in [-0.2, 0) is 5.75 Å². The lowest BCUT2D eigenvalue weighted by Crippen LogP contribution is -2.22. The highest BCUT2D eigenvalue weighted by molar-refractivity contribution is 7.98. The normalized spacial score (nSPS) is 11.1. The Morgan fingerprint density at radius 3 is 2.57 bits per heavy atom. The number of nitrogens with zero attached hydrogens (tertiary/aromatic N) is 4. The molecule has 7 heteroatoms. The first kappa shape index (κ1) is 20.1. The van der Waals surface area contributed by atoms with E-state index in [4.69, 9.17) is 9.72 Å². The molecule has 152 valence electrons. The Balaban J connectivity index is 1.81. The van der Waals surface area contributed by atoms with Gasteiger partial charge in [-0.15, -0.1) is 0 Å². The van der Waals surface area contributed by atoms with E-state index in [1.54, 1.807) is 23.9 Å². The fourth-order valence-electron chi connectivity index (χ4n) is 3.35. The van der Waals surface area contributed by atoms with Crippen molar-refractivity contribution in [3.63, 3.8) is 0 Å². The van der Waals surface area contributed by atoms with Gasteiger partial charge in [-0.2, -0.15) is 0 Å². The predicted octanol–water partition coefficient (Wildman–Crippen LogP) is 4.40. The van der Waals surface area contributed by atoms with Crippen LogP contribution in [0.3, 0.4) is 0 Å². The molecular formula is C23H22N4O2S. The maximum atomic E-state index is 13.3. The van der Waals surface area contributed by atoms with Crippen molar-refractivity contribution in [2.45, 2.75) is 31.7 Å². The molecule has 0 bridgehead atoms. The first-order valence-corrected chi connectivity index (χ1v) is 10.5. The van der Waals surface area contributed by atoms with Crippen molar-refractivity contribution in [3.8, 4) is 11.6 Å². The highest BCUT2D eigenvalue weighted by atomic mass is 32.2. The molecule has 0 saturated carbocycles. The topological polar surface area (TPSA) is 69.9 Å². The molecule has 0 aliphatic carbocycles. The molecule has 0 N–H and O–H groups in total. The number of thioether (sulfide) groups is 1. The van der Waals surface area contributed by atoms with Crippen molar-refractivity contribution in [1.29, 1.82) is 0 Å². The van der Waals surface area contributed by atoms with E-state index >= 15 is 0 Å². The van der Waals surface area contributed by atoms with E-state index < -0.39 is 0 Å². The standard InChI is InChI=1S/C23H22N4O2S/c1-14-9-10-20(25-11-14)27-22(28)17-7-5-6-8-18(17)26-23(27)30-13-19-16(3)21(29-4)15(2)12-24-19/h5-12H,13H2,1-4H3. The Hall–Kier alpha value is -3.19. The quantitative estimate of drug-likeness (QED) is 0.353. The van der Waals surface area contributed by atoms with Crippen LogP contribution < -0.4 is 10.3 Å². The van der Waals surface area contributed by atoms with Gasteiger partial charge in [-0.05, 0) is 44.5 Å². The molecule has 0 unspecified atom stereocenters. The molecule has 0 atom stereocenters. The summed E-state index contributed by atoms with van der Waals surface area (Å²) in [5.41, 5.74) is 4.45. The summed E-state index contributed by atoms with van der Waals surface area (Å²) in [5, 5.41) is 1.14. The van der Waals surface area contributed by atoms with Crippen molar-refractivity contribution in [1.82, 2.24) is 19.5 Å². The van der Waals surface area contributed by atoms with E-state index in [-0.39, 0.29) is 5.56 Å². The van der Waals surface area contributed by atoms with Gasteiger partial charge in [0, 0.05) is 29.3 Å². The summed E-state index contributed by atoms with van der Waals surface area (Å²) < 4.78 is 7.10. The summed E-state index contributed by atoms with van der Waals surface area (Å²) >= 11 is 1.46. The van der Waals surface area contributed by atoms with Gasteiger partial charge < -0.3 is 4.74 Å². The molecule has 0 aliphatic rings. The minimum absolute atomic E-state index is 0.134. The number of aromatic nitrogens is 4. The van der Waals surface area contributed by atoms with Gasteiger partial charge in [0.15, 0.2) is 5.16 Å². The number of hydrogen-bond donors (Lipinski definition) is 0. The molecule has 0 aliphatic heterocycles. The van der Waals surface area contributed by atoms with Gasteiger partial charge >= 0.3 is 0 Å². The predicted molar refractivity (Wildman–Crippen MR) is 120 cm³/mol. The number of para-hydroxylation sites is 1. The number of fused-ring (bicyclic) bond motifs is 1. The summed E-state index contributed by atoms with van der Waals surface area (Å²) in [6, 6.07) is 11.2. The monoisotopic (exact) mass is 418 g/mol. The third kappa shape index (κ3) is 3.68. The molecule has 3 heterocycles. The van der Waals surface area contributed by atoms with E-state index in [0.717, 1.165) is 28.1 Å². The van der Waals surface area contributed by atoms with Crippen LogP contribution >= 0.6 is 11.8 Å². The van der Waals surface area contributed by atoms with Gasteiger partial charge in [-0.1, -0.05) is 30.0 Å². The van der Waals surface area contributed by atoms with Crippen LogP contribution in [0.5, 0.6) is 5.75 Å². The van der Waals surface area contributed by atoms with Crippen molar-refractivity contribution in [2.75, 3.05) is 7.11 Å². The molecule has 0 fully saturated rings. The molecule has 0 saturated heterocycles. The number of ether oxygens (including phenoxy) is 1. The van der Waals surface area contributed by atoms with Crippen LogP contribution in [0.15, 0.2) is 58.7 Å². The van der Waals surface area contributed by atoms with E-state index in [0.29, 0.717) is 27.6 Å². The van der Waals surface area contributed by atoms with E-state index in [1.165, 1.54) is 11.8 Å². The largest absolute Gasteiger partial charge is 0.496 e. The van der Waals surface area contributed by atoms with Crippen LogP contribution in [0.25, 0.3) is 16.7 Å². The molecule has 4 rings (SSSR count). The highest BCUT2D eigenvalue weighted by Crippen LogP contribution is 2.29. The van der Waals surface area contributed by atoms with Gasteiger partial charge in [-0.3, -0.25) is 9.78 Å². The zero-order valence-electron chi connectivity index (χ0n) is 17.3. The highest BCUT2D eigenvalue weighted by Gasteiger charge is 2.16. The third-order valence-corrected chi connectivity index (χ3v) is 5.91. The minimum atomic E-state index is -0.134. The lowest BCUT2D eigenvalue weighted by Gasteiger charge is -2.14. The number of benzene rings is 1. The Bertz CT molecular complexity index is 1280. The van der Waals surface area contributed by atoms with Crippen LogP contribution in [0.2, 0.25) is 0 Å². The second-order valence-corrected chi connectivity index (χ2v) is 8.02. The Labute approximate surface area is 179 Å². The number of methoxy groups -OCH3 is 1. The van der Waals surface area contributed by atoms with Gasteiger partial charge in [0.2, 0.25) is 0 Å². The maximum absolute atomic E-state index is 13.3. The van der Waals surface area contributed by atoms with Crippen LogP contribution in [0, 0.1) is 20.8 Å². The summed E-state index contributed by atoms with van der Waals surface area (Å²) in [6.45, 7) is 5.94. The lowest BCUT2D eigenvalue weighted by atomic mass is 10.1. The summed E-state index contributed by atoms with van der Waals surface area (Å²) in [5.74, 6) is 1.95. The van der Waals surface area contributed by atoms with Crippen LogP contribution in [-0.4, -0.2) is 26.6 Å². The van der Waals surface area contributed by atoms with Crippen LogP contribution in [0.4, 0.5) is 0 Å². The molecule has 4 aromatic rings. The van der Waals surface area contributed by atoms with Crippen molar-refractivity contribution in [3.05, 3.63) is 81.5 Å². The number of hydrogen-bond acceptors (Lipinski definition) is 6. The number of rotatable bonds is 5. The summed E-state index contributed by atoms with van der Waals surface area (Å²) in [4.78, 5) is 27.1. The maximum Gasteiger partial charge on any atom is 0.267 e. The van der Waals surface area contributed by atoms with Crippen molar-refractivity contribution < 1.29 is 4.74 Å². The van der Waals surface area contributed by atoms with Gasteiger partial charge in [0.1, 0.15) is 11.6 Å². The number of aryl methyl sites for hydroxylation is 2. The molecular weight excluding hydrogens is 396 g/mol. The Morgan fingerprint density at radius 1 is 1.03 bits per heavy atom. The average molecular weight is 419 g/mol.